The number of nitrogens with zero attached hydrogens (tertiary/aromatic N) is 2. The molecule has 0 aliphatic carbocycles. The highest BCUT2D eigenvalue weighted by atomic mass is 35.5. The molecular weight excluding hydrogens is 299 g/mol. The van der Waals surface area contributed by atoms with Crippen molar-refractivity contribution in [2.45, 2.75) is 10.5 Å². The lowest BCUT2D eigenvalue weighted by Gasteiger charge is -2.05. The summed E-state index contributed by atoms with van der Waals surface area (Å²) in [5.74, 6) is 0. The smallest absolute Gasteiger partial charge is 0.269 e. The zero-order valence-corrected chi connectivity index (χ0v) is 11.8. The van der Waals surface area contributed by atoms with Crippen LogP contribution in [0.25, 0.3) is 0 Å². The molecule has 2 aromatic carbocycles. The van der Waals surface area contributed by atoms with E-state index in [1.54, 1.807) is 12.1 Å². The predicted octanol–water partition coefficient (Wildman–Crippen LogP) is 4.29. The molecule has 1 saturated heterocycles. The van der Waals surface area contributed by atoms with Crippen molar-refractivity contribution in [3.63, 3.8) is 0 Å². The van der Waals surface area contributed by atoms with Gasteiger partial charge in [0.25, 0.3) is 5.69 Å². The number of non-ortho nitro benzene ring substituents is 1. The Hall–Kier alpha value is -1.78. The first kappa shape index (κ1) is 13.2. The topological polar surface area (TPSA) is 46.1 Å². The Morgan fingerprint density at radius 3 is 2.20 bits per heavy atom. The molecule has 2 aromatic rings. The van der Waals surface area contributed by atoms with Gasteiger partial charge in [0.05, 0.1) is 4.92 Å². The van der Waals surface area contributed by atoms with E-state index in [1.165, 1.54) is 12.1 Å². The summed E-state index contributed by atoms with van der Waals surface area (Å²) in [5, 5.41) is 10.7. The monoisotopic (exact) mass is 308 g/mol. The van der Waals surface area contributed by atoms with E-state index >= 15 is 0 Å². The Labute approximate surface area is 125 Å². The Kier molecular flexibility index (Phi) is 3.07. The first-order chi connectivity index (χ1) is 9.51. The zero-order chi connectivity index (χ0) is 14.3. The molecule has 3 rings (SSSR count). The molecule has 0 saturated carbocycles. The Morgan fingerprint density at radius 2 is 1.65 bits per heavy atom. The van der Waals surface area contributed by atoms with E-state index in [2.05, 4.69) is 0 Å². The molecule has 20 heavy (non-hydrogen) atoms. The summed E-state index contributed by atoms with van der Waals surface area (Å²) in [6, 6.07) is 15.7. The number of hydrogen-bond acceptors (Lipinski definition) is 3. The average molecular weight is 309 g/mol. The van der Waals surface area contributed by atoms with Crippen LogP contribution < -0.4 is 4.90 Å². The molecule has 0 bridgehead atoms. The molecule has 0 amide bonds. The Bertz CT molecular complexity index is 644. The van der Waals surface area contributed by atoms with Crippen molar-refractivity contribution in [1.29, 1.82) is 0 Å². The van der Waals surface area contributed by atoms with E-state index in [4.69, 9.17) is 23.2 Å². The van der Waals surface area contributed by atoms with Crippen LogP contribution in [0.4, 0.5) is 11.4 Å². The molecule has 0 unspecified atom stereocenters. The maximum atomic E-state index is 10.7. The van der Waals surface area contributed by atoms with Crippen LogP contribution in [0, 0.1) is 10.1 Å². The second kappa shape index (κ2) is 4.65. The average Bonchev–Trinajstić information content (AvgIpc) is 3.02. The van der Waals surface area contributed by atoms with Crippen LogP contribution >= 0.6 is 23.2 Å². The quantitative estimate of drug-likeness (QED) is 0.279. The fourth-order valence-electron chi connectivity index (χ4n) is 2.29. The largest absolute Gasteiger partial charge is 0.326 e. The van der Waals surface area contributed by atoms with Crippen LogP contribution in [0.1, 0.15) is 11.6 Å². The summed E-state index contributed by atoms with van der Waals surface area (Å²) >= 11 is 12.6. The molecule has 1 aliphatic rings. The van der Waals surface area contributed by atoms with Gasteiger partial charge in [-0.1, -0.05) is 53.5 Å². The van der Waals surface area contributed by atoms with Crippen LogP contribution in [-0.4, -0.2) is 9.38 Å². The van der Waals surface area contributed by atoms with Gasteiger partial charge in [-0.25, -0.2) is 0 Å². The molecule has 1 atom stereocenters. The lowest BCUT2D eigenvalue weighted by Crippen LogP contribution is -2.01. The third-order valence-corrected chi connectivity index (χ3v) is 4.07. The van der Waals surface area contributed by atoms with E-state index in [1.807, 2.05) is 35.2 Å². The van der Waals surface area contributed by atoms with Gasteiger partial charge in [-0.15, -0.1) is 0 Å². The first-order valence-corrected chi connectivity index (χ1v) is 6.74. The molecule has 1 fully saturated rings. The maximum absolute atomic E-state index is 10.7. The van der Waals surface area contributed by atoms with Crippen molar-refractivity contribution in [3.8, 4) is 0 Å². The van der Waals surface area contributed by atoms with Crippen LogP contribution in [0.2, 0.25) is 0 Å². The van der Waals surface area contributed by atoms with Gasteiger partial charge in [0.1, 0.15) is 6.04 Å². The highest BCUT2D eigenvalue weighted by Gasteiger charge is 2.62. The van der Waals surface area contributed by atoms with Gasteiger partial charge in [-0.05, 0) is 17.7 Å². The number of halogens is 2. The van der Waals surface area contributed by atoms with Gasteiger partial charge in [0.15, 0.2) is 0 Å². The summed E-state index contributed by atoms with van der Waals surface area (Å²) in [4.78, 5) is 12.0. The molecule has 102 valence electrons. The lowest BCUT2D eigenvalue weighted by atomic mass is 10.1. The van der Waals surface area contributed by atoms with Crippen molar-refractivity contribution < 1.29 is 4.92 Å². The fourth-order valence-corrected chi connectivity index (χ4v) is 3.03. The van der Waals surface area contributed by atoms with E-state index in [0.717, 1.165) is 11.3 Å². The van der Waals surface area contributed by atoms with Crippen LogP contribution in [0.15, 0.2) is 54.6 Å². The highest BCUT2D eigenvalue weighted by Crippen LogP contribution is 2.61. The second-order valence-corrected chi connectivity index (χ2v) is 5.89. The molecule has 0 aromatic heterocycles. The lowest BCUT2D eigenvalue weighted by molar-refractivity contribution is -0.384. The van der Waals surface area contributed by atoms with Crippen molar-refractivity contribution in [1.82, 2.24) is 0 Å². The predicted molar refractivity (Wildman–Crippen MR) is 79.2 cm³/mol. The van der Waals surface area contributed by atoms with Crippen LogP contribution in [-0.2, 0) is 0 Å². The van der Waals surface area contributed by atoms with Crippen LogP contribution in [0.3, 0.4) is 0 Å². The van der Waals surface area contributed by atoms with Gasteiger partial charge in [0.2, 0.25) is 4.46 Å². The van der Waals surface area contributed by atoms with Crippen molar-refractivity contribution in [2.75, 3.05) is 4.90 Å². The van der Waals surface area contributed by atoms with E-state index < -0.39 is 9.38 Å². The summed E-state index contributed by atoms with van der Waals surface area (Å²) in [6.45, 7) is 0. The molecule has 1 heterocycles. The summed E-state index contributed by atoms with van der Waals surface area (Å²) in [6.07, 6.45) is 0. The highest BCUT2D eigenvalue weighted by molar-refractivity contribution is 6.53. The van der Waals surface area contributed by atoms with Gasteiger partial charge in [-0.2, -0.15) is 0 Å². The molecule has 0 radical (unpaired) electrons. The number of benzene rings is 2. The molecular formula is C14H10Cl2N2O2. The number of rotatable bonds is 3. The maximum Gasteiger partial charge on any atom is 0.269 e. The zero-order valence-electron chi connectivity index (χ0n) is 10.2. The number of nitro groups is 1. The minimum Gasteiger partial charge on any atom is -0.326 e. The van der Waals surface area contributed by atoms with Gasteiger partial charge in [0, 0.05) is 17.8 Å². The van der Waals surface area contributed by atoms with Gasteiger partial charge >= 0.3 is 0 Å². The summed E-state index contributed by atoms with van der Waals surface area (Å²) < 4.78 is -1.02. The summed E-state index contributed by atoms with van der Waals surface area (Å²) in [5.41, 5.74) is 1.81. The van der Waals surface area contributed by atoms with Crippen molar-refractivity contribution in [3.05, 3.63) is 70.3 Å². The Morgan fingerprint density at radius 1 is 1.05 bits per heavy atom. The van der Waals surface area contributed by atoms with Crippen LogP contribution in [0.5, 0.6) is 0 Å². The van der Waals surface area contributed by atoms with Gasteiger partial charge in [-0.3, -0.25) is 10.1 Å². The minimum atomic E-state index is -1.02. The third-order valence-electron chi connectivity index (χ3n) is 3.29. The molecule has 4 nitrogen and oxygen atoms in total. The standard InChI is InChI=1S/C14H10Cl2N2O2/c15-14(16)13(10-4-2-1-3-5-10)17(14)11-6-8-12(9-7-11)18(19)20/h1-9,13H/t13-,17?/m0/s1. The normalized spacial score (nSPS) is 19.7. The van der Waals surface area contributed by atoms with Crippen molar-refractivity contribution in [2.24, 2.45) is 0 Å². The number of alkyl halides is 2. The minimum absolute atomic E-state index is 0.0432. The van der Waals surface area contributed by atoms with Gasteiger partial charge < -0.3 is 4.90 Å². The van der Waals surface area contributed by atoms with Crippen molar-refractivity contribution >= 4 is 34.6 Å². The van der Waals surface area contributed by atoms with E-state index in [0.29, 0.717) is 0 Å². The van der Waals surface area contributed by atoms with E-state index in [9.17, 15) is 10.1 Å². The van der Waals surface area contributed by atoms with E-state index in [-0.39, 0.29) is 11.7 Å². The molecule has 0 spiro atoms. The fraction of sp³-hybridized carbons (Fsp3) is 0.143. The second-order valence-electron chi connectivity index (χ2n) is 4.54. The number of hydrogen-bond donors (Lipinski definition) is 0. The molecule has 1 aliphatic heterocycles. The SMILES string of the molecule is O=[N+]([O-])c1ccc(N2[C@@H](c3ccccc3)C2(Cl)Cl)cc1. The summed E-state index contributed by atoms with van der Waals surface area (Å²) in [7, 11) is 0. The molecule has 0 N–H and O–H groups in total. The third kappa shape index (κ3) is 2.11. The first-order valence-electron chi connectivity index (χ1n) is 5.98. The molecule has 6 heteroatoms. The number of anilines is 1. The Balaban J connectivity index is 1.89. The number of nitro benzene ring substituents is 1.